The van der Waals surface area contributed by atoms with Gasteiger partial charge in [0.2, 0.25) is 0 Å². The second kappa shape index (κ2) is 2.87. The van der Waals surface area contributed by atoms with Crippen LogP contribution in [-0.2, 0) is 0 Å². The quantitative estimate of drug-likeness (QED) is 0.612. The molecule has 0 aliphatic rings. The second-order valence-corrected chi connectivity index (χ2v) is 3.26. The van der Waals surface area contributed by atoms with E-state index in [1.807, 2.05) is 0 Å². The largest absolute Gasteiger partial charge is 0.507 e. The number of hydrogen-bond donors (Lipinski definition) is 2. The molecule has 1 aromatic carbocycles. The van der Waals surface area contributed by atoms with Crippen LogP contribution in [0.5, 0.6) is 11.5 Å². The molecule has 66 valence electrons. The van der Waals surface area contributed by atoms with Crippen molar-refractivity contribution >= 4 is 11.6 Å². The predicted molar refractivity (Wildman–Crippen MR) is 49.0 cm³/mol. The molecule has 2 N–H and O–H groups in total. The molecule has 1 rings (SSSR count). The van der Waals surface area contributed by atoms with Gasteiger partial charge in [-0.05, 0) is 31.9 Å². The lowest BCUT2D eigenvalue weighted by atomic mass is 10.0. The van der Waals surface area contributed by atoms with Gasteiger partial charge < -0.3 is 10.2 Å². The van der Waals surface area contributed by atoms with Crippen LogP contribution in [0.3, 0.4) is 0 Å². The van der Waals surface area contributed by atoms with Gasteiger partial charge in [0.25, 0.3) is 0 Å². The number of phenolic OH excluding ortho intramolecular Hbond substituents is 2. The highest BCUT2D eigenvalue weighted by Gasteiger charge is 2.13. The Balaban J connectivity index is 3.60. The van der Waals surface area contributed by atoms with Gasteiger partial charge >= 0.3 is 0 Å². The summed E-state index contributed by atoms with van der Waals surface area (Å²) in [6.45, 7) is 5.13. The number of aromatic hydroxyl groups is 2. The molecule has 1 aromatic rings. The van der Waals surface area contributed by atoms with Gasteiger partial charge in [-0.25, -0.2) is 0 Å². The molecule has 0 radical (unpaired) electrons. The maximum Gasteiger partial charge on any atom is 0.137 e. The van der Waals surface area contributed by atoms with Crippen molar-refractivity contribution in [2.75, 3.05) is 0 Å². The van der Waals surface area contributed by atoms with Crippen molar-refractivity contribution in [3.05, 3.63) is 21.7 Å². The topological polar surface area (TPSA) is 40.5 Å². The highest BCUT2D eigenvalue weighted by molar-refractivity contribution is 6.33. The summed E-state index contributed by atoms with van der Waals surface area (Å²) < 4.78 is 0. The lowest BCUT2D eigenvalue weighted by molar-refractivity contribution is 0.450. The van der Waals surface area contributed by atoms with Crippen LogP contribution in [0.4, 0.5) is 0 Å². The molecule has 0 aromatic heterocycles. The zero-order chi connectivity index (χ0) is 9.46. The van der Waals surface area contributed by atoms with E-state index in [0.717, 1.165) is 0 Å². The number of benzene rings is 1. The maximum atomic E-state index is 9.50. The Morgan fingerprint density at radius 2 is 1.25 bits per heavy atom. The van der Waals surface area contributed by atoms with Crippen LogP contribution in [0.25, 0.3) is 0 Å². The number of phenols is 2. The fourth-order valence-corrected chi connectivity index (χ4v) is 1.31. The second-order valence-electron chi connectivity index (χ2n) is 2.89. The Bertz CT molecular complexity index is 227. The van der Waals surface area contributed by atoms with Gasteiger partial charge in [0.1, 0.15) is 11.5 Å². The number of halogens is 1. The Morgan fingerprint density at radius 1 is 0.833 bits per heavy atom. The summed E-state index contributed by atoms with van der Waals surface area (Å²) in [4.78, 5) is 0. The van der Waals surface area contributed by atoms with Crippen LogP contribution < -0.4 is 0 Å². The van der Waals surface area contributed by atoms with Crippen molar-refractivity contribution < 1.29 is 10.2 Å². The third-order valence-electron chi connectivity index (χ3n) is 2.17. The lowest BCUT2D eigenvalue weighted by Gasteiger charge is -2.10. The van der Waals surface area contributed by atoms with Gasteiger partial charge in [-0.3, -0.25) is 0 Å². The monoisotopic (exact) mass is 186 g/mol. The molecule has 0 bridgehead atoms. The number of hydrogen-bond acceptors (Lipinski definition) is 2. The summed E-state index contributed by atoms with van der Waals surface area (Å²) in [6.07, 6.45) is 0. The minimum atomic E-state index is 0.0597. The molecule has 0 aliphatic heterocycles. The van der Waals surface area contributed by atoms with Gasteiger partial charge in [-0.2, -0.15) is 0 Å². The Kier molecular flexibility index (Phi) is 2.20. The highest BCUT2D eigenvalue weighted by atomic mass is 35.5. The molecule has 0 aliphatic carbocycles. The predicted octanol–water partition coefficient (Wildman–Crippen LogP) is 2.68. The van der Waals surface area contributed by atoms with Crippen LogP contribution in [0.1, 0.15) is 16.7 Å². The molecule has 0 unspecified atom stereocenters. The molecule has 0 saturated heterocycles. The summed E-state index contributed by atoms with van der Waals surface area (Å²) in [6, 6.07) is 0. The van der Waals surface area contributed by atoms with E-state index in [-0.39, 0.29) is 16.5 Å². The molecular formula is C9H11ClO2. The molecule has 3 heteroatoms. The van der Waals surface area contributed by atoms with Crippen molar-refractivity contribution in [1.29, 1.82) is 0 Å². The first-order chi connectivity index (χ1) is 5.46. The van der Waals surface area contributed by atoms with Crippen LogP contribution in [0.15, 0.2) is 0 Å². The van der Waals surface area contributed by atoms with Crippen molar-refractivity contribution in [2.24, 2.45) is 0 Å². The highest BCUT2D eigenvalue weighted by Crippen LogP contribution is 2.39. The van der Waals surface area contributed by atoms with E-state index in [9.17, 15) is 10.2 Å². The average molecular weight is 187 g/mol. The fraction of sp³-hybridized carbons (Fsp3) is 0.333. The maximum absolute atomic E-state index is 9.50. The van der Waals surface area contributed by atoms with Crippen LogP contribution >= 0.6 is 11.6 Å². The van der Waals surface area contributed by atoms with Gasteiger partial charge in [0.15, 0.2) is 0 Å². The van der Waals surface area contributed by atoms with E-state index >= 15 is 0 Å². The van der Waals surface area contributed by atoms with Crippen LogP contribution in [0.2, 0.25) is 5.02 Å². The summed E-state index contributed by atoms with van der Waals surface area (Å²) in [7, 11) is 0. The standard InChI is InChI=1S/C9H11ClO2/c1-4-5(2)9(12)7(10)6(3)8(4)11/h11-12H,1-3H3. The lowest BCUT2D eigenvalue weighted by Crippen LogP contribution is -1.88. The van der Waals surface area contributed by atoms with Gasteiger partial charge in [-0.15, -0.1) is 0 Å². The molecular weight excluding hydrogens is 176 g/mol. The average Bonchev–Trinajstić information content (AvgIpc) is 2.08. The van der Waals surface area contributed by atoms with E-state index in [4.69, 9.17) is 11.6 Å². The van der Waals surface area contributed by atoms with Gasteiger partial charge in [0, 0.05) is 5.56 Å². The summed E-state index contributed by atoms with van der Waals surface area (Å²) in [5, 5.41) is 19.2. The summed E-state index contributed by atoms with van der Waals surface area (Å²) in [5.74, 6) is 0.222. The smallest absolute Gasteiger partial charge is 0.137 e. The van der Waals surface area contributed by atoms with Crippen LogP contribution in [0, 0.1) is 20.8 Å². The SMILES string of the molecule is Cc1c(C)c(O)c(Cl)c(C)c1O. The molecule has 0 saturated carbocycles. The molecule has 12 heavy (non-hydrogen) atoms. The first kappa shape index (κ1) is 9.20. The summed E-state index contributed by atoms with van der Waals surface area (Å²) in [5.41, 5.74) is 1.83. The van der Waals surface area contributed by atoms with Crippen molar-refractivity contribution in [2.45, 2.75) is 20.8 Å². The fourth-order valence-electron chi connectivity index (χ4n) is 1.08. The zero-order valence-corrected chi connectivity index (χ0v) is 8.03. The van der Waals surface area contributed by atoms with E-state index in [2.05, 4.69) is 0 Å². The Morgan fingerprint density at radius 3 is 1.75 bits per heavy atom. The van der Waals surface area contributed by atoms with E-state index < -0.39 is 0 Å². The zero-order valence-electron chi connectivity index (χ0n) is 7.27. The third-order valence-corrected chi connectivity index (χ3v) is 2.63. The van der Waals surface area contributed by atoms with E-state index in [0.29, 0.717) is 16.7 Å². The molecule has 0 atom stereocenters. The van der Waals surface area contributed by atoms with Crippen molar-refractivity contribution in [1.82, 2.24) is 0 Å². The molecule has 0 amide bonds. The van der Waals surface area contributed by atoms with Crippen molar-refractivity contribution in [3.63, 3.8) is 0 Å². The molecule has 0 spiro atoms. The Labute approximate surface area is 76.4 Å². The Hall–Kier alpha value is -0.890. The first-order valence-electron chi connectivity index (χ1n) is 3.64. The van der Waals surface area contributed by atoms with E-state index in [1.165, 1.54) is 0 Å². The minimum Gasteiger partial charge on any atom is -0.507 e. The minimum absolute atomic E-state index is 0.0597. The van der Waals surface area contributed by atoms with Gasteiger partial charge in [-0.1, -0.05) is 11.6 Å². The normalized spacial score (nSPS) is 10.3. The molecule has 0 heterocycles. The van der Waals surface area contributed by atoms with E-state index in [1.54, 1.807) is 20.8 Å². The number of rotatable bonds is 0. The molecule has 0 fully saturated rings. The van der Waals surface area contributed by atoms with Crippen molar-refractivity contribution in [3.8, 4) is 11.5 Å². The first-order valence-corrected chi connectivity index (χ1v) is 4.01. The molecule has 2 nitrogen and oxygen atoms in total. The van der Waals surface area contributed by atoms with Gasteiger partial charge in [0.05, 0.1) is 5.02 Å². The van der Waals surface area contributed by atoms with Crippen LogP contribution in [-0.4, -0.2) is 10.2 Å². The summed E-state index contributed by atoms with van der Waals surface area (Å²) >= 11 is 5.75. The third kappa shape index (κ3) is 1.12.